The summed E-state index contributed by atoms with van der Waals surface area (Å²) in [5, 5.41) is 2.71. The molecule has 2 aromatic rings. The van der Waals surface area contributed by atoms with E-state index in [1.165, 1.54) is 7.11 Å². The average Bonchev–Trinajstić information content (AvgIpc) is 3.07. The number of fused-ring (bicyclic) bond motifs is 4. The summed E-state index contributed by atoms with van der Waals surface area (Å²) in [4.78, 5) is 19.2. The van der Waals surface area contributed by atoms with Crippen molar-refractivity contribution in [2.75, 3.05) is 12.4 Å². The van der Waals surface area contributed by atoms with Gasteiger partial charge >= 0.3 is 6.09 Å². The number of hydrogen-bond donors (Lipinski definition) is 3. The number of ether oxygens (including phenoxy) is 1. The number of amides is 1. The number of rotatable bonds is 1. The standard InChI is InChI=1S/C18H22N4O2/c1-24-18(23)21-13-8-9-14-12(10-13)6-4-2-3-5-7-15(19)17-20-11-16(14)22-17/h3,5,8-11,15H,2,4,6-7,19H2,1H3,(H,20,22)(H,21,23)/b5-3+/t15-/m0/s1. The van der Waals surface area contributed by atoms with Crippen LogP contribution in [0.5, 0.6) is 0 Å². The molecule has 0 spiro atoms. The summed E-state index contributed by atoms with van der Waals surface area (Å²) >= 11 is 0. The maximum atomic E-state index is 11.4. The van der Waals surface area contributed by atoms with Gasteiger partial charge < -0.3 is 15.5 Å². The molecule has 0 fully saturated rings. The molecule has 1 aromatic heterocycles. The van der Waals surface area contributed by atoms with E-state index < -0.39 is 6.09 Å². The van der Waals surface area contributed by atoms with Crippen molar-refractivity contribution < 1.29 is 9.53 Å². The van der Waals surface area contributed by atoms with Gasteiger partial charge in [-0.3, -0.25) is 5.32 Å². The first-order valence-electron chi connectivity index (χ1n) is 8.11. The number of aromatic amines is 1. The number of nitrogens with zero attached hydrogens (tertiary/aromatic N) is 1. The van der Waals surface area contributed by atoms with E-state index in [1.807, 2.05) is 24.4 Å². The second-order valence-corrected chi connectivity index (χ2v) is 5.87. The maximum absolute atomic E-state index is 11.4. The number of hydrogen-bond acceptors (Lipinski definition) is 4. The smallest absolute Gasteiger partial charge is 0.411 e. The third-order valence-corrected chi connectivity index (χ3v) is 4.14. The fraction of sp³-hybridized carbons (Fsp3) is 0.333. The predicted octanol–water partition coefficient (Wildman–Crippen LogP) is 3.54. The summed E-state index contributed by atoms with van der Waals surface area (Å²) < 4.78 is 4.65. The van der Waals surface area contributed by atoms with Crippen LogP contribution in [0, 0.1) is 0 Å². The molecule has 1 amide bonds. The van der Waals surface area contributed by atoms with Gasteiger partial charge in [0.2, 0.25) is 0 Å². The maximum Gasteiger partial charge on any atom is 0.411 e. The zero-order valence-corrected chi connectivity index (χ0v) is 13.7. The largest absolute Gasteiger partial charge is 0.453 e. The molecule has 24 heavy (non-hydrogen) atoms. The zero-order valence-electron chi connectivity index (χ0n) is 13.7. The van der Waals surface area contributed by atoms with Crippen molar-refractivity contribution in [2.45, 2.75) is 31.7 Å². The number of methoxy groups -OCH3 is 1. The lowest BCUT2D eigenvalue weighted by Gasteiger charge is -2.12. The first-order chi connectivity index (χ1) is 11.7. The minimum Gasteiger partial charge on any atom is -0.453 e. The number of H-pyrrole nitrogens is 1. The van der Waals surface area contributed by atoms with Gasteiger partial charge in [-0.05, 0) is 43.4 Å². The number of allylic oxidation sites excluding steroid dienone is 1. The fourth-order valence-electron chi connectivity index (χ4n) is 2.84. The molecule has 0 aliphatic carbocycles. The Morgan fingerprint density at radius 1 is 1.42 bits per heavy atom. The Bertz CT molecular complexity index is 751. The molecular formula is C18H22N4O2. The Kier molecular flexibility index (Phi) is 4.96. The molecule has 6 nitrogen and oxygen atoms in total. The molecule has 2 bridgehead atoms. The molecule has 0 saturated heterocycles. The third kappa shape index (κ3) is 3.65. The number of anilines is 1. The summed E-state index contributed by atoms with van der Waals surface area (Å²) in [7, 11) is 1.35. The number of carbonyl (C=O) groups excluding carboxylic acids is 1. The number of benzene rings is 1. The second kappa shape index (κ2) is 7.31. The molecule has 1 aromatic carbocycles. The molecule has 2 heterocycles. The first-order valence-corrected chi connectivity index (χ1v) is 8.11. The Morgan fingerprint density at radius 2 is 2.29 bits per heavy atom. The Labute approximate surface area is 141 Å². The van der Waals surface area contributed by atoms with Crippen LogP contribution in [0.15, 0.2) is 36.5 Å². The van der Waals surface area contributed by atoms with E-state index in [2.05, 4.69) is 32.2 Å². The van der Waals surface area contributed by atoms with Crippen LogP contribution in [0.1, 0.15) is 36.7 Å². The lowest BCUT2D eigenvalue weighted by atomic mass is 9.98. The highest BCUT2D eigenvalue weighted by Crippen LogP contribution is 2.28. The summed E-state index contributed by atoms with van der Waals surface area (Å²) in [5.41, 5.74) is 9.97. The highest BCUT2D eigenvalue weighted by Gasteiger charge is 2.14. The van der Waals surface area contributed by atoms with Gasteiger partial charge in [0.05, 0.1) is 18.8 Å². The minimum atomic E-state index is -0.473. The van der Waals surface area contributed by atoms with Crippen LogP contribution in [0.2, 0.25) is 0 Å². The molecule has 1 aliphatic rings. The number of nitrogens with one attached hydrogen (secondary N) is 2. The van der Waals surface area contributed by atoms with Crippen LogP contribution < -0.4 is 11.1 Å². The van der Waals surface area contributed by atoms with Crippen LogP contribution in [0.3, 0.4) is 0 Å². The Balaban J connectivity index is 1.97. The summed E-state index contributed by atoms with van der Waals surface area (Å²) in [6, 6.07) is 5.69. The van der Waals surface area contributed by atoms with Crippen molar-refractivity contribution >= 4 is 11.8 Å². The molecule has 3 rings (SSSR count). The lowest BCUT2D eigenvalue weighted by molar-refractivity contribution is 0.187. The van der Waals surface area contributed by atoms with Gasteiger partial charge in [-0.25, -0.2) is 9.78 Å². The Morgan fingerprint density at radius 3 is 3.12 bits per heavy atom. The number of carbonyl (C=O) groups is 1. The predicted molar refractivity (Wildman–Crippen MR) is 93.7 cm³/mol. The van der Waals surface area contributed by atoms with Gasteiger partial charge in [0.1, 0.15) is 5.82 Å². The van der Waals surface area contributed by atoms with E-state index in [0.717, 1.165) is 54.0 Å². The van der Waals surface area contributed by atoms with Crippen molar-refractivity contribution in [1.82, 2.24) is 9.97 Å². The molecule has 4 N–H and O–H groups in total. The van der Waals surface area contributed by atoms with Gasteiger partial charge in [0, 0.05) is 17.4 Å². The van der Waals surface area contributed by atoms with Crippen LogP contribution in [0.4, 0.5) is 10.5 Å². The van der Waals surface area contributed by atoms with E-state index in [0.29, 0.717) is 0 Å². The van der Waals surface area contributed by atoms with Gasteiger partial charge in [-0.15, -0.1) is 0 Å². The van der Waals surface area contributed by atoms with Crippen molar-refractivity contribution in [3.63, 3.8) is 0 Å². The van der Waals surface area contributed by atoms with Gasteiger partial charge in [-0.2, -0.15) is 0 Å². The number of aromatic nitrogens is 2. The van der Waals surface area contributed by atoms with E-state index in [4.69, 9.17) is 5.73 Å². The van der Waals surface area contributed by atoms with Crippen LogP contribution >= 0.6 is 0 Å². The van der Waals surface area contributed by atoms with Crippen LogP contribution in [-0.4, -0.2) is 23.2 Å². The normalized spacial score (nSPS) is 18.7. The quantitative estimate of drug-likeness (QED) is 0.699. The van der Waals surface area contributed by atoms with Crippen molar-refractivity contribution in [3.8, 4) is 11.3 Å². The number of imidazole rings is 1. The van der Waals surface area contributed by atoms with E-state index in [9.17, 15) is 4.79 Å². The van der Waals surface area contributed by atoms with Crippen LogP contribution in [0.25, 0.3) is 11.3 Å². The SMILES string of the molecule is COC(=O)Nc1ccc2c(c1)CCC/C=C/C[C@H](N)c1nc-2c[nH]1. The minimum absolute atomic E-state index is 0.127. The molecule has 1 atom stereocenters. The average molecular weight is 326 g/mol. The number of aryl methyl sites for hydroxylation is 1. The Hall–Kier alpha value is -2.60. The van der Waals surface area contributed by atoms with Crippen molar-refractivity contribution in [1.29, 1.82) is 0 Å². The van der Waals surface area contributed by atoms with Crippen molar-refractivity contribution in [2.24, 2.45) is 5.73 Å². The molecule has 0 saturated carbocycles. The molecule has 1 aliphatic heterocycles. The summed E-state index contributed by atoms with van der Waals surface area (Å²) in [5.74, 6) is 0.790. The monoisotopic (exact) mass is 326 g/mol. The molecule has 126 valence electrons. The zero-order chi connectivity index (χ0) is 16.9. The first kappa shape index (κ1) is 16.3. The van der Waals surface area contributed by atoms with Gasteiger partial charge in [-0.1, -0.05) is 18.2 Å². The molecule has 0 radical (unpaired) electrons. The molecule has 0 unspecified atom stereocenters. The summed E-state index contributed by atoms with van der Waals surface area (Å²) in [6.45, 7) is 0. The van der Waals surface area contributed by atoms with E-state index in [1.54, 1.807) is 0 Å². The highest BCUT2D eigenvalue weighted by atomic mass is 16.5. The van der Waals surface area contributed by atoms with Crippen LogP contribution in [-0.2, 0) is 11.2 Å². The molecular weight excluding hydrogens is 304 g/mol. The number of nitrogens with two attached hydrogens (primary N) is 1. The van der Waals surface area contributed by atoms with E-state index >= 15 is 0 Å². The van der Waals surface area contributed by atoms with Gasteiger partial charge in [0.15, 0.2) is 0 Å². The van der Waals surface area contributed by atoms with Crippen molar-refractivity contribution in [3.05, 3.63) is 47.9 Å². The molecule has 6 heteroatoms. The topological polar surface area (TPSA) is 93.0 Å². The lowest BCUT2D eigenvalue weighted by Crippen LogP contribution is -2.11. The highest BCUT2D eigenvalue weighted by molar-refractivity contribution is 5.85. The fourth-order valence-corrected chi connectivity index (χ4v) is 2.84. The third-order valence-electron chi connectivity index (χ3n) is 4.14. The second-order valence-electron chi connectivity index (χ2n) is 5.87. The van der Waals surface area contributed by atoms with Gasteiger partial charge in [0.25, 0.3) is 0 Å². The van der Waals surface area contributed by atoms with E-state index in [-0.39, 0.29) is 6.04 Å². The summed E-state index contributed by atoms with van der Waals surface area (Å²) in [6.07, 6.45) is 9.41.